The summed E-state index contributed by atoms with van der Waals surface area (Å²) in [5, 5.41) is 0. The van der Waals surface area contributed by atoms with E-state index in [2.05, 4.69) is 4.99 Å². The van der Waals surface area contributed by atoms with Crippen molar-refractivity contribution in [3.63, 3.8) is 0 Å². The lowest BCUT2D eigenvalue weighted by atomic mass is 10.3. The first kappa shape index (κ1) is 16.4. The fourth-order valence-corrected chi connectivity index (χ4v) is 2.66. The summed E-state index contributed by atoms with van der Waals surface area (Å²) >= 11 is 1.50. The monoisotopic (exact) mass is 316 g/mol. The molecule has 2 rings (SSSR count). The standard InChI is InChI=1S/C17H20N2O2S/c1-13(2)18-16-6-4-5-11-19(16)17(20)12-22-15-9-7-14(21-3)8-10-15/h4-11,13H,12H2,1-3H3. The summed E-state index contributed by atoms with van der Waals surface area (Å²) in [4.78, 5) is 17.9. The summed E-state index contributed by atoms with van der Waals surface area (Å²) in [6.45, 7) is 3.99. The minimum Gasteiger partial charge on any atom is -0.497 e. The first-order valence-corrected chi connectivity index (χ1v) is 8.10. The number of hydrogen-bond donors (Lipinski definition) is 0. The molecule has 0 spiro atoms. The molecule has 5 heteroatoms. The molecule has 1 aromatic heterocycles. The van der Waals surface area contributed by atoms with Crippen molar-refractivity contribution >= 4 is 17.7 Å². The van der Waals surface area contributed by atoms with Crippen molar-refractivity contribution in [1.82, 2.24) is 4.57 Å². The first-order chi connectivity index (χ1) is 10.6. The van der Waals surface area contributed by atoms with Crippen molar-refractivity contribution < 1.29 is 9.53 Å². The summed E-state index contributed by atoms with van der Waals surface area (Å²) in [6.07, 6.45) is 1.76. The molecule has 1 heterocycles. The van der Waals surface area contributed by atoms with E-state index in [0.29, 0.717) is 11.2 Å². The molecule has 0 radical (unpaired) electrons. The van der Waals surface area contributed by atoms with Gasteiger partial charge in [-0.25, -0.2) is 0 Å². The highest BCUT2D eigenvalue weighted by molar-refractivity contribution is 8.00. The number of nitrogens with zero attached hydrogens (tertiary/aromatic N) is 2. The van der Waals surface area contributed by atoms with Crippen LogP contribution in [0.15, 0.2) is 58.5 Å². The van der Waals surface area contributed by atoms with Crippen molar-refractivity contribution in [3.05, 3.63) is 54.1 Å². The van der Waals surface area contributed by atoms with Crippen LogP contribution in [0.2, 0.25) is 0 Å². The predicted molar refractivity (Wildman–Crippen MR) is 89.5 cm³/mol. The third-order valence-electron chi connectivity index (χ3n) is 2.92. The highest BCUT2D eigenvalue weighted by atomic mass is 32.2. The van der Waals surface area contributed by atoms with Gasteiger partial charge < -0.3 is 4.74 Å². The second-order valence-electron chi connectivity index (χ2n) is 5.01. The van der Waals surface area contributed by atoms with Gasteiger partial charge in [0.05, 0.1) is 12.9 Å². The van der Waals surface area contributed by atoms with Gasteiger partial charge in [0.15, 0.2) is 0 Å². The molecule has 0 unspecified atom stereocenters. The third-order valence-corrected chi connectivity index (χ3v) is 3.92. The fourth-order valence-electron chi connectivity index (χ4n) is 1.90. The quantitative estimate of drug-likeness (QED) is 0.795. The molecule has 0 atom stereocenters. The molecule has 0 aliphatic heterocycles. The van der Waals surface area contributed by atoms with Gasteiger partial charge in [0, 0.05) is 17.1 Å². The normalized spacial score (nSPS) is 11.7. The van der Waals surface area contributed by atoms with E-state index in [9.17, 15) is 4.79 Å². The number of carbonyl (C=O) groups excluding carboxylic acids is 1. The molecule has 0 aliphatic rings. The first-order valence-electron chi connectivity index (χ1n) is 7.11. The maximum atomic E-state index is 12.4. The zero-order valence-electron chi connectivity index (χ0n) is 13.0. The van der Waals surface area contributed by atoms with Crippen LogP contribution in [0.1, 0.15) is 18.6 Å². The number of thioether (sulfide) groups is 1. The Hall–Kier alpha value is -2.01. The average Bonchev–Trinajstić information content (AvgIpc) is 2.53. The van der Waals surface area contributed by atoms with Gasteiger partial charge in [0.1, 0.15) is 11.2 Å². The third kappa shape index (κ3) is 4.49. The van der Waals surface area contributed by atoms with E-state index in [1.165, 1.54) is 11.8 Å². The van der Waals surface area contributed by atoms with E-state index in [1.807, 2.05) is 56.3 Å². The molecular weight excluding hydrogens is 296 g/mol. The van der Waals surface area contributed by atoms with Gasteiger partial charge in [-0.05, 0) is 50.2 Å². The molecule has 2 aromatic rings. The molecule has 0 N–H and O–H groups in total. The number of carbonyl (C=O) groups is 1. The molecule has 0 saturated carbocycles. The fraction of sp³-hybridized carbons (Fsp3) is 0.294. The molecule has 1 aromatic carbocycles. The minimum atomic E-state index is 0.0146. The van der Waals surface area contributed by atoms with Gasteiger partial charge >= 0.3 is 0 Å². The van der Waals surface area contributed by atoms with Crippen LogP contribution in [0.5, 0.6) is 5.75 Å². The molecule has 0 bridgehead atoms. The number of benzene rings is 1. The Morgan fingerprint density at radius 1 is 1.23 bits per heavy atom. The summed E-state index contributed by atoms with van der Waals surface area (Å²) in [7, 11) is 1.64. The Kier molecular flexibility index (Phi) is 5.83. The van der Waals surface area contributed by atoms with E-state index in [-0.39, 0.29) is 11.9 Å². The Balaban J connectivity index is 2.09. The molecule has 22 heavy (non-hydrogen) atoms. The van der Waals surface area contributed by atoms with Crippen LogP contribution >= 0.6 is 11.8 Å². The van der Waals surface area contributed by atoms with E-state index in [1.54, 1.807) is 17.9 Å². The number of pyridine rings is 1. The summed E-state index contributed by atoms with van der Waals surface area (Å²) in [5.41, 5.74) is 0.692. The molecule has 0 aliphatic carbocycles. The Labute approximate surface area is 134 Å². The lowest BCUT2D eigenvalue weighted by Gasteiger charge is -2.07. The van der Waals surface area contributed by atoms with Crippen molar-refractivity contribution in [2.45, 2.75) is 24.8 Å². The Bertz CT molecular complexity index is 690. The minimum absolute atomic E-state index is 0.0146. The molecule has 0 amide bonds. The Morgan fingerprint density at radius 3 is 2.59 bits per heavy atom. The van der Waals surface area contributed by atoms with Crippen LogP contribution in [0.3, 0.4) is 0 Å². The van der Waals surface area contributed by atoms with Crippen LogP contribution in [0, 0.1) is 0 Å². The topological polar surface area (TPSA) is 43.6 Å². The molecule has 0 saturated heterocycles. The van der Waals surface area contributed by atoms with Gasteiger partial charge in [-0.2, -0.15) is 0 Å². The van der Waals surface area contributed by atoms with E-state index in [4.69, 9.17) is 4.74 Å². The number of hydrogen-bond acceptors (Lipinski definition) is 4. The van der Waals surface area contributed by atoms with Crippen molar-refractivity contribution in [1.29, 1.82) is 0 Å². The van der Waals surface area contributed by atoms with E-state index in [0.717, 1.165) is 10.6 Å². The number of methoxy groups -OCH3 is 1. The van der Waals surface area contributed by atoms with Crippen LogP contribution in [-0.4, -0.2) is 29.4 Å². The summed E-state index contributed by atoms with van der Waals surface area (Å²) < 4.78 is 6.73. The zero-order chi connectivity index (χ0) is 15.9. The lowest BCUT2D eigenvalue weighted by molar-refractivity contribution is 0.0936. The maximum Gasteiger partial charge on any atom is 0.242 e. The summed E-state index contributed by atoms with van der Waals surface area (Å²) in [5.74, 6) is 1.19. The van der Waals surface area contributed by atoms with Crippen LogP contribution in [0.4, 0.5) is 0 Å². The molecule has 116 valence electrons. The number of rotatable bonds is 5. The zero-order valence-corrected chi connectivity index (χ0v) is 13.8. The van der Waals surface area contributed by atoms with Gasteiger partial charge in [-0.3, -0.25) is 14.4 Å². The number of aromatic nitrogens is 1. The number of ether oxygens (including phenoxy) is 1. The van der Waals surface area contributed by atoms with Crippen LogP contribution in [-0.2, 0) is 0 Å². The van der Waals surface area contributed by atoms with Crippen LogP contribution in [0.25, 0.3) is 0 Å². The lowest BCUT2D eigenvalue weighted by Crippen LogP contribution is -2.28. The van der Waals surface area contributed by atoms with Gasteiger partial charge in [0.2, 0.25) is 5.91 Å². The van der Waals surface area contributed by atoms with E-state index >= 15 is 0 Å². The van der Waals surface area contributed by atoms with Crippen molar-refractivity contribution in [2.75, 3.05) is 12.9 Å². The SMILES string of the molecule is COc1ccc(SCC(=O)n2ccccc2=NC(C)C)cc1. The van der Waals surface area contributed by atoms with Crippen LogP contribution < -0.4 is 10.2 Å². The molecule has 0 fully saturated rings. The highest BCUT2D eigenvalue weighted by Crippen LogP contribution is 2.21. The van der Waals surface area contributed by atoms with Gasteiger partial charge in [0.25, 0.3) is 0 Å². The molecule has 4 nitrogen and oxygen atoms in total. The van der Waals surface area contributed by atoms with Gasteiger partial charge in [-0.1, -0.05) is 6.07 Å². The second kappa shape index (κ2) is 7.84. The average molecular weight is 316 g/mol. The second-order valence-corrected chi connectivity index (χ2v) is 6.06. The maximum absolute atomic E-state index is 12.4. The highest BCUT2D eigenvalue weighted by Gasteiger charge is 2.07. The van der Waals surface area contributed by atoms with Crippen molar-refractivity contribution in [2.24, 2.45) is 4.99 Å². The van der Waals surface area contributed by atoms with Crippen molar-refractivity contribution in [3.8, 4) is 5.75 Å². The van der Waals surface area contributed by atoms with E-state index < -0.39 is 0 Å². The summed E-state index contributed by atoms with van der Waals surface area (Å²) in [6, 6.07) is 13.4. The Morgan fingerprint density at radius 2 is 1.95 bits per heavy atom. The van der Waals surface area contributed by atoms with Gasteiger partial charge in [-0.15, -0.1) is 11.8 Å². The largest absolute Gasteiger partial charge is 0.497 e. The smallest absolute Gasteiger partial charge is 0.242 e. The predicted octanol–water partition coefficient (Wildman–Crippen LogP) is 3.24. The molecular formula is C17H20N2O2S.